The maximum atomic E-state index is 12.3. The number of hydrogen-bond acceptors (Lipinski definition) is 7. The van der Waals surface area contributed by atoms with E-state index in [1.807, 2.05) is 32.0 Å². The maximum Gasteiger partial charge on any atom is 0.348 e. The summed E-state index contributed by atoms with van der Waals surface area (Å²) in [5.74, 6) is 2.10. The van der Waals surface area contributed by atoms with Gasteiger partial charge in [0.05, 0.1) is 23.0 Å². The van der Waals surface area contributed by atoms with Crippen molar-refractivity contribution < 1.29 is 9.53 Å². The van der Waals surface area contributed by atoms with E-state index in [9.17, 15) is 4.79 Å². The van der Waals surface area contributed by atoms with Gasteiger partial charge in [0.15, 0.2) is 0 Å². The van der Waals surface area contributed by atoms with Crippen molar-refractivity contribution >= 4 is 44.4 Å². The fourth-order valence-corrected chi connectivity index (χ4v) is 5.25. The highest BCUT2D eigenvalue weighted by Crippen LogP contribution is 2.37. The number of anilines is 1. The molecule has 0 atom stereocenters. The second-order valence-electron chi connectivity index (χ2n) is 7.55. The predicted octanol–water partition coefficient (Wildman–Crippen LogP) is 4.44. The van der Waals surface area contributed by atoms with Crippen LogP contribution in [0.3, 0.4) is 0 Å². The van der Waals surface area contributed by atoms with Crippen LogP contribution in [0, 0.1) is 6.92 Å². The number of ether oxygens (including phenoxy) is 1. The molecular formula is C22H23N5O2S. The Morgan fingerprint density at radius 2 is 2.07 bits per heavy atom. The van der Waals surface area contributed by atoms with Crippen LogP contribution in [0.15, 0.2) is 30.6 Å². The molecule has 7 nitrogen and oxygen atoms in total. The second kappa shape index (κ2) is 7.68. The molecule has 0 aliphatic carbocycles. The lowest BCUT2D eigenvalue weighted by Crippen LogP contribution is -2.34. The number of esters is 1. The van der Waals surface area contributed by atoms with Gasteiger partial charge in [0.2, 0.25) is 0 Å². The molecule has 0 saturated carbocycles. The second-order valence-corrected chi connectivity index (χ2v) is 8.55. The quantitative estimate of drug-likeness (QED) is 0.491. The molecule has 30 heavy (non-hydrogen) atoms. The lowest BCUT2D eigenvalue weighted by atomic mass is 9.96. The summed E-state index contributed by atoms with van der Waals surface area (Å²) in [6.07, 6.45) is 3.59. The standard InChI is InChI=1S/C22H23N5O2S/c1-3-29-22(28)18-13(2)17-20(23-12-24-21(17)30-18)27-10-8-14(9-11-27)19-25-15-6-4-5-7-16(15)26-19/h4-7,12,14H,3,8-11H2,1-2H3,(H,25,26). The minimum absolute atomic E-state index is 0.285. The largest absolute Gasteiger partial charge is 0.462 e. The highest BCUT2D eigenvalue weighted by atomic mass is 32.1. The number of H-pyrrole nitrogens is 1. The van der Waals surface area contributed by atoms with Gasteiger partial charge in [0.25, 0.3) is 0 Å². The Morgan fingerprint density at radius 1 is 1.27 bits per heavy atom. The number of fused-ring (bicyclic) bond motifs is 2. The van der Waals surface area contributed by atoms with Crippen LogP contribution in [0.2, 0.25) is 0 Å². The molecule has 8 heteroatoms. The Morgan fingerprint density at radius 3 is 2.83 bits per heavy atom. The first-order valence-corrected chi connectivity index (χ1v) is 11.1. The van der Waals surface area contributed by atoms with Crippen LogP contribution >= 0.6 is 11.3 Å². The first-order valence-electron chi connectivity index (χ1n) is 10.3. The van der Waals surface area contributed by atoms with Gasteiger partial charge >= 0.3 is 5.97 Å². The van der Waals surface area contributed by atoms with Crippen LogP contribution in [-0.2, 0) is 4.74 Å². The van der Waals surface area contributed by atoms with Gasteiger partial charge in [-0.1, -0.05) is 12.1 Å². The van der Waals surface area contributed by atoms with Gasteiger partial charge < -0.3 is 14.6 Å². The summed E-state index contributed by atoms with van der Waals surface area (Å²) < 4.78 is 5.21. The van der Waals surface area contributed by atoms with Crippen molar-refractivity contribution in [1.29, 1.82) is 0 Å². The molecule has 0 radical (unpaired) electrons. The van der Waals surface area contributed by atoms with Gasteiger partial charge in [-0.15, -0.1) is 11.3 Å². The minimum atomic E-state index is -0.285. The Balaban J connectivity index is 1.40. The molecule has 0 bridgehead atoms. The number of nitrogens with zero attached hydrogens (tertiary/aromatic N) is 4. The van der Waals surface area contributed by atoms with E-state index in [1.54, 1.807) is 6.33 Å². The molecule has 1 aromatic carbocycles. The number of aryl methyl sites for hydroxylation is 1. The number of imidazole rings is 1. The zero-order valence-corrected chi connectivity index (χ0v) is 17.8. The Kier molecular flexibility index (Phi) is 4.86. The number of rotatable bonds is 4. The highest BCUT2D eigenvalue weighted by Gasteiger charge is 2.27. The van der Waals surface area contributed by atoms with Gasteiger partial charge in [-0.25, -0.2) is 19.7 Å². The van der Waals surface area contributed by atoms with E-state index in [1.165, 1.54) is 11.3 Å². The summed E-state index contributed by atoms with van der Waals surface area (Å²) in [7, 11) is 0. The van der Waals surface area contributed by atoms with Crippen molar-refractivity contribution in [2.24, 2.45) is 0 Å². The molecule has 1 N–H and O–H groups in total. The van der Waals surface area contributed by atoms with E-state index < -0.39 is 0 Å². The van der Waals surface area contributed by atoms with Crippen LogP contribution < -0.4 is 4.90 Å². The first kappa shape index (κ1) is 19.0. The molecule has 1 aliphatic rings. The Hall–Kier alpha value is -3.00. The average Bonchev–Trinajstić information content (AvgIpc) is 3.35. The molecule has 1 aliphatic heterocycles. The van der Waals surface area contributed by atoms with Gasteiger partial charge in [0.1, 0.15) is 27.7 Å². The molecule has 0 spiro atoms. The van der Waals surface area contributed by atoms with Crippen molar-refractivity contribution in [3.63, 3.8) is 0 Å². The van der Waals surface area contributed by atoms with Gasteiger partial charge in [0, 0.05) is 19.0 Å². The van der Waals surface area contributed by atoms with Crippen molar-refractivity contribution in [3.8, 4) is 0 Å². The smallest absolute Gasteiger partial charge is 0.348 e. The normalized spacial score (nSPS) is 15.2. The molecule has 0 amide bonds. The number of aromatic nitrogens is 4. The summed E-state index contributed by atoms with van der Waals surface area (Å²) in [4.78, 5) is 33.3. The molecule has 0 unspecified atom stereocenters. The number of para-hydroxylation sites is 2. The van der Waals surface area contributed by atoms with Gasteiger partial charge in [-0.2, -0.15) is 0 Å². The van der Waals surface area contributed by atoms with Crippen LogP contribution in [0.1, 0.15) is 46.7 Å². The summed E-state index contributed by atoms with van der Waals surface area (Å²) in [5.41, 5.74) is 3.02. The number of piperidine rings is 1. The van der Waals surface area contributed by atoms with Crippen LogP contribution in [0.4, 0.5) is 5.82 Å². The van der Waals surface area contributed by atoms with Crippen LogP contribution in [-0.4, -0.2) is 45.6 Å². The number of carbonyl (C=O) groups excluding carboxylic acids is 1. The van der Waals surface area contributed by atoms with E-state index in [2.05, 4.69) is 25.9 Å². The zero-order valence-electron chi connectivity index (χ0n) is 17.0. The number of nitrogens with one attached hydrogen (secondary N) is 1. The molecule has 154 valence electrons. The fourth-order valence-electron chi connectivity index (χ4n) is 4.21. The summed E-state index contributed by atoms with van der Waals surface area (Å²) in [6.45, 7) is 5.91. The van der Waals surface area contributed by atoms with E-state index in [0.717, 1.165) is 64.4 Å². The third kappa shape index (κ3) is 3.21. The third-order valence-electron chi connectivity index (χ3n) is 5.76. The lowest BCUT2D eigenvalue weighted by Gasteiger charge is -2.32. The summed E-state index contributed by atoms with van der Waals surface area (Å²) in [5, 5.41) is 0.966. The van der Waals surface area contributed by atoms with E-state index in [-0.39, 0.29) is 5.97 Å². The zero-order chi connectivity index (χ0) is 20.7. The number of hydrogen-bond donors (Lipinski definition) is 1. The van der Waals surface area contributed by atoms with E-state index in [0.29, 0.717) is 17.4 Å². The number of thiophene rings is 1. The van der Waals surface area contributed by atoms with Crippen molar-refractivity contribution in [2.75, 3.05) is 24.6 Å². The number of carbonyl (C=O) groups is 1. The number of benzene rings is 1. The minimum Gasteiger partial charge on any atom is -0.462 e. The van der Waals surface area contributed by atoms with Crippen molar-refractivity contribution in [1.82, 2.24) is 19.9 Å². The predicted molar refractivity (Wildman–Crippen MR) is 118 cm³/mol. The molecule has 4 aromatic rings. The fraction of sp³-hybridized carbons (Fsp3) is 0.364. The van der Waals surface area contributed by atoms with Crippen LogP contribution in [0.25, 0.3) is 21.3 Å². The average molecular weight is 422 g/mol. The van der Waals surface area contributed by atoms with E-state index >= 15 is 0 Å². The third-order valence-corrected chi connectivity index (χ3v) is 6.94. The maximum absolute atomic E-state index is 12.3. The van der Waals surface area contributed by atoms with Crippen LogP contribution in [0.5, 0.6) is 0 Å². The summed E-state index contributed by atoms with van der Waals surface area (Å²) >= 11 is 1.38. The molecule has 4 heterocycles. The number of aromatic amines is 1. The first-order chi connectivity index (χ1) is 14.7. The lowest BCUT2D eigenvalue weighted by molar-refractivity contribution is 0.0531. The molecule has 1 saturated heterocycles. The van der Waals surface area contributed by atoms with E-state index in [4.69, 9.17) is 9.72 Å². The van der Waals surface area contributed by atoms with Crippen molar-refractivity contribution in [2.45, 2.75) is 32.6 Å². The monoisotopic (exact) mass is 421 g/mol. The van der Waals surface area contributed by atoms with Gasteiger partial charge in [-0.3, -0.25) is 0 Å². The molecule has 3 aromatic heterocycles. The van der Waals surface area contributed by atoms with Crippen molar-refractivity contribution in [3.05, 3.63) is 46.9 Å². The molecule has 1 fully saturated rings. The highest BCUT2D eigenvalue weighted by molar-refractivity contribution is 7.20. The van der Waals surface area contributed by atoms with Gasteiger partial charge in [-0.05, 0) is 44.4 Å². The Labute approximate surface area is 178 Å². The molecular weight excluding hydrogens is 398 g/mol. The summed E-state index contributed by atoms with van der Waals surface area (Å²) in [6, 6.07) is 8.16. The SMILES string of the molecule is CCOC(=O)c1sc2ncnc(N3CCC(c4nc5ccccc5[nH]4)CC3)c2c1C. The molecule has 5 rings (SSSR count). The topological polar surface area (TPSA) is 84.0 Å². The Bertz CT molecular complexity index is 1190.